The van der Waals surface area contributed by atoms with E-state index in [9.17, 15) is 0 Å². The van der Waals surface area contributed by atoms with Gasteiger partial charge in [-0.1, -0.05) is 6.92 Å². The van der Waals surface area contributed by atoms with Crippen molar-refractivity contribution in [1.29, 1.82) is 0 Å². The molecule has 2 rings (SSSR count). The zero-order valence-electron chi connectivity index (χ0n) is 13.0. The van der Waals surface area contributed by atoms with Crippen LogP contribution in [0.15, 0.2) is 24.5 Å². The highest BCUT2D eigenvalue weighted by molar-refractivity contribution is 5.48. The summed E-state index contributed by atoms with van der Waals surface area (Å²) >= 11 is 0. The van der Waals surface area contributed by atoms with Gasteiger partial charge in [0.1, 0.15) is 17.5 Å². The van der Waals surface area contributed by atoms with Crippen LogP contribution in [0.2, 0.25) is 0 Å². The molecular formula is C15H24N6. The minimum absolute atomic E-state index is 0.240. The van der Waals surface area contributed by atoms with Gasteiger partial charge in [-0.2, -0.15) is 5.10 Å². The molecule has 6 nitrogen and oxygen atoms in total. The average Bonchev–Trinajstić information content (AvgIpc) is 2.91. The monoisotopic (exact) mass is 288 g/mol. The van der Waals surface area contributed by atoms with Crippen molar-refractivity contribution in [2.24, 2.45) is 0 Å². The highest BCUT2D eigenvalue weighted by Crippen LogP contribution is 2.13. The first-order valence-electron chi connectivity index (χ1n) is 7.57. The minimum Gasteiger partial charge on any atom is -0.370 e. The van der Waals surface area contributed by atoms with Crippen LogP contribution in [0.4, 0.5) is 11.6 Å². The topological polar surface area (TPSA) is 67.7 Å². The Morgan fingerprint density at radius 1 is 1.24 bits per heavy atom. The summed E-state index contributed by atoms with van der Waals surface area (Å²) in [7, 11) is 0. The van der Waals surface area contributed by atoms with Gasteiger partial charge in [0.25, 0.3) is 0 Å². The summed E-state index contributed by atoms with van der Waals surface area (Å²) in [6.45, 7) is 7.98. The molecule has 0 fully saturated rings. The van der Waals surface area contributed by atoms with Crippen LogP contribution in [0.3, 0.4) is 0 Å². The molecule has 0 saturated carbocycles. The third kappa shape index (κ3) is 4.73. The molecule has 0 aliphatic heterocycles. The lowest BCUT2D eigenvalue weighted by Crippen LogP contribution is -2.23. The number of nitrogens with zero attached hydrogens (tertiary/aromatic N) is 4. The summed E-state index contributed by atoms with van der Waals surface area (Å²) in [6, 6.07) is 4.13. The van der Waals surface area contributed by atoms with Crippen molar-refractivity contribution in [1.82, 2.24) is 19.7 Å². The molecule has 0 spiro atoms. The van der Waals surface area contributed by atoms with Gasteiger partial charge in [0, 0.05) is 37.5 Å². The van der Waals surface area contributed by atoms with Crippen molar-refractivity contribution in [2.75, 3.05) is 17.2 Å². The van der Waals surface area contributed by atoms with E-state index in [4.69, 9.17) is 0 Å². The van der Waals surface area contributed by atoms with Crippen LogP contribution in [-0.4, -0.2) is 32.3 Å². The largest absolute Gasteiger partial charge is 0.370 e. The van der Waals surface area contributed by atoms with E-state index >= 15 is 0 Å². The van der Waals surface area contributed by atoms with E-state index in [1.54, 1.807) is 6.20 Å². The van der Waals surface area contributed by atoms with Crippen molar-refractivity contribution < 1.29 is 0 Å². The van der Waals surface area contributed by atoms with Gasteiger partial charge in [0.2, 0.25) is 0 Å². The van der Waals surface area contributed by atoms with E-state index in [2.05, 4.69) is 46.5 Å². The summed E-state index contributed by atoms with van der Waals surface area (Å²) in [5, 5.41) is 10.9. The first-order valence-corrected chi connectivity index (χ1v) is 7.57. The molecule has 0 amide bonds. The quantitative estimate of drug-likeness (QED) is 0.781. The number of aryl methyl sites for hydroxylation is 1. The van der Waals surface area contributed by atoms with Crippen molar-refractivity contribution in [3.05, 3.63) is 30.4 Å². The molecule has 2 heterocycles. The normalized spacial score (nSPS) is 12.1. The zero-order chi connectivity index (χ0) is 15.1. The second kappa shape index (κ2) is 7.61. The van der Waals surface area contributed by atoms with Gasteiger partial charge in [0.05, 0.1) is 6.54 Å². The highest BCUT2D eigenvalue weighted by atomic mass is 15.3. The fourth-order valence-electron chi connectivity index (χ4n) is 2.17. The number of hydrogen-bond acceptors (Lipinski definition) is 5. The number of anilines is 2. The number of rotatable bonds is 8. The molecule has 0 aliphatic rings. The molecule has 2 N–H and O–H groups in total. The minimum atomic E-state index is 0.240. The Balaban J connectivity index is 2.06. The number of aromatic nitrogens is 4. The summed E-state index contributed by atoms with van der Waals surface area (Å²) in [5.74, 6) is 2.62. The van der Waals surface area contributed by atoms with Crippen LogP contribution in [0.1, 0.15) is 33.0 Å². The summed E-state index contributed by atoms with van der Waals surface area (Å²) in [5.41, 5.74) is 0. The van der Waals surface area contributed by atoms with Gasteiger partial charge in [-0.15, -0.1) is 0 Å². The average molecular weight is 288 g/mol. The Morgan fingerprint density at radius 2 is 2.05 bits per heavy atom. The van der Waals surface area contributed by atoms with E-state index in [0.717, 1.165) is 43.4 Å². The molecule has 0 aromatic carbocycles. The Labute approximate surface area is 126 Å². The lowest BCUT2D eigenvalue weighted by molar-refractivity contribution is 0.559. The standard InChI is InChI=1S/C15H24N6/c1-4-7-13-19-14(16-5-2)10-15(20-13)18-12(3)11-21-9-6-8-17-21/h6,8-10,12H,4-5,7,11H2,1-3H3,(H2,16,18,19,20). The summed E-state index contributed by atoms with van der Waals surface area (Å²) in [6.07, 6.45) is 5.68. The second-order valence-corrected chi connectivity index (χ2v) is 5.11. The number of hydrogen-bond donors (Lipinski definition) is 2. The highest BCUT2D eigenvalue weighted by Gasteiger charge is 2.08. The molecule has 0 radical (unpaired) electrons. The number of nitrogens with one attached hydrogen (secondary N) is 2. The maximum absolute atomic E-state index is 4.58. The van der Waals surface area contributed by atoms with Crippen molar-refractivity contribution in [3.63, 3.8) is 0 Å². The van der Waals surface area contributed by atoms with Crippen molar-refractivity contribution >= 4 is 11.6 Å². The first kappa shape index (κ1) is 15.3. The Morgan fingerprint density at radius 3 is 2.71 bits per heavy atom. The Hall–Kier alpha value is -2.11. The molecular weight excluding hydrogens is 264 g/mol. The summed E-state index contributed by atoms with van der Waals surface area (Å²) in [4.78, 5) is 9.10. The smallest absolute Gasteiger partial charge is 0.133 e. The molecule has 0 saturated heterocycles. The molecule has 1 atom stereocenters. The van der Waals surface area contributed by atoms with Crippen LogP contribution < -0.4 is 10.6 Å². The van der Waals surface area contributed by atoms with Crippen LogP contribution >= 0.6 is 0 Å². The predicted octanol–water partition coefficient (Wildman–Crippen LogP) is 2.56. The van der Waals surface area contributed by atoms with Crippen molar-refractivity contribution in [2.45, 2.75) is 46.2 Å². The molecule has 2 aromatic heterocycles. The van der Waals surface area contributed by atoms with E-state index in [1.165, 1.54) is 0 Å². The second-order valence-electron chi connectivity index (χ2n) is 5.11. The van der Waals surface area contributed by atoms with E-state index in [0.29, 0.717) is 0 Å². The van der Waals surface area contributed by atoms with E-state index < -0.39 is 0 Å². The molecule has 0 bridgehead atoms. The Kier molecular flexibility index (Phi) is 5.54. The molecule has 21 heavy (non-hydrogen) atoms. The van der Waals surface area contributed by atoms with Gasteiger partial charge in [0.15, 0.2) is 0 Å². The molecule has 6 heteroatoms. The van der Waals surface area contributed by atoms with E-state index in [1.807, 2.05) is 23.0 Å². The van der Waals surface area contributed by atoms with Crippen LogP contribution in [-0.2, 0) is 13.0 Å². The van der Waals surface area contributed by atoms with Gasteiger partial charge in [-0.25, -0.2) is 9.97 Å². The van der Waals surface area contributed by atoms with E-state index in [-0.39, 0.29) is 6.04 Å². The van der Waals surface area contributed by atoms with Crippen LogP contribution in [0, 0.1) is 0 Å². The fourth-order valence-corrected chi connectivity index (χ4v) is 2.17. The molecule has 1 unspecified atom stereocenters. The maximum Gasteiger partial charge on any atom is 0.133 e. The molecule has 114 valence electrons. The molecule has 0 aliphatic carbocycles. The maximum atomic E-state index is 4.58. The molecule has 2 aromatic rings. The third-order valence-electron chi connectivity index (χ3n) is 3.02. The van der Waals surface area contributed by atoms with Gasteiger partial charge < -0.3 is 10.6 Å². The van der Waals surface area contributed by atoms with Crippen LogP contribution in [0.25, 0.3) is 0 Å². The summed E-state index contributed by atoms with van der Waals surface area (Å²) < 4.78 is 1.91. The first-order chi connectivity index (χ1) is 10.2. The SMILES string of the molecule is CCCc1nc(NCC)cc(NC(C)Cn2cccn2)n1. The van der Waals surface area contributed by atoms with Crippen LogP contribution in [0.5, 0.6) is 0 Å². The van der Waals surface area contributed by atoms with Gasteiger partial charge in [-0.3, -0.25) is 4.68 Å². The lowest BCUT2D eigenvalue weighted by Gasteiger charge is -2.16. The van der Waals surface area contributed by atoms with Gasteiger partial charge in [-0.05, 0) is 26.3 Å². The third-order valence-corrected chi connectivity index (χ3v) is 3.02. The Bertz CT molecular complexity index is 513. The lowest BCUT2D eigenvalue weighted by atomic mass is 10.3. The predicted molar refractivity (Wildman–Crippen MR) is 85.5 cm³/mol. The fraction of sp³-hybridized carbons (Fsp3) is 0.533. The van der Waals surface area contributed by atoms with Gasteiger partial charge >= 0.3 is 0 Å². The zero-order valence-corrected chi connectivity index (χ0v) is 13.0. The van der Waals surface area contributed by atoms with Crippen molar-refractivity contribution in [3.8, 4) is 0 Å².